The van der Waals surface area contributed by atoms with Gasteiger partial charge >= 0.3 is 0 Å². The van der Waals surface area contributed by atoms with Crippen molar-refractivity contribution in [3.63, 3.8) is 0 Å². The molecule has 10 heteroatoms. The highest BCUT2D eigenvalue weighted by molar-refractivity contribution is 5.97. The lowest BCUT2D eigenvalue weighted by Crippen LogP contribution is -2.62. The lowest BCUT2D eigenvalue weighted by atomic mass is 9.45. The second-order valence-corrected chi connectivity index (χ2v) is 15.9. The van der Waals surface area contributed by atoms with Crippen molar-refractivity contribution in [3.8, 4) is 16.9 Å². The van der Waals surface area contributed by atoms with E-state index >= 15 is 0 Å². The summed E-state index contributed by atoms with van der Waals surface area (Å²) >= 11 is 0. The summed E-state index contributed by atoms with van der Waals surface area (Å²) in [5.41, 5.74) is 4.29. The molecule has 4 aliphatic carbocycles. The SMILES string of the molecule is CNC(=O)c1cc(-c2cccc(CN3O[C@@H](CNCC4CC4)[C@@H]([C@H](C)O)[C@H]3C(=O)N[C@H]3C[C@@H]4C[C@H]([C@@H]3C)C4(C)C)c2OC)cc(N(C)C)c1. The van der Waals surface area contributed by atoms with Crippen molar-refractivity contribution in [3.05, 3.63) is 47.5 Å². The van der Waals surface area contributed by atoms with Crippen LogP contribution in [0, 0.1) is 35.0 Å². The van der Waals surface area contributed by atoms with Gasteiger partial charge in [-0.25, -0.2) is 0 Å². The van der Waals surface area contributed by atoms with Gasteiger partial charge in [-0.15, -0.1) is 0 Å². The second-order valence-electron chi connectivity index (χ2n) is 15.9. The van der Waals surface area contributed by atoms with Crippen molar-refractivity contribution in [1.29, 1.82) is 0 Å². The number of ether oxygens (including phenoxy) is 1. The number of hydroxylamine groups is 2. The third-order valence-electron chi connectivity index (χ3n) is 12.2. The summed E-state index contributed by atoms with van der Waals surface area (Å²) in [5, 5.41) is 22.7. The predicted molar refractivity (Wildman–Crippen MR) is 192 cm³/mol. The Labute approximate surface area is 292 Å². The first-order valence-electron chi connectivity index (χ1n) is 18.2. The fraction of sp³-hybridized carbons (Fsp3) is 0.641. The number of hydrogen-bond acceptors (Lipinski definition) is 8. The van der Waals surface area contributed by atoms with Crippen LogP contribution < -0.4 is 25.6 Å². The highest BCUT2D eigenvalue weighted by Crippen LogP contribution is 2.61. The first kappa shape index (κ1) is 35.6. The van der Waals surface area contributed by atoms with Crippen LogP contribution in [0.25, 0.3) is 11.1 Å². The maximum atomic E-state index is 14.4. The van der Waals surface area contributed by atoms with E-state index in [-0.39, 0.29) is 30.5 Å². The van der Waals surface area contributed by atoms with Crippen LogP contribution in [0.5, 0.6) is 5.75 Å². The van der Waals surface area contributed by atoms with Crippen molar-refractivity contribution >= 4 is 17.5 Å². The molecule has 1 heterocycles. The number of nitrogens with zero attached hydrogens (tertiary/aromatic N) is 2. The van der Waals surface area contributed by atoms with Gasteiger partial charge in [0.2, 0.25) is 5.91 Å². The molecule has 2 bridgehead atoms. The Bertz CT molecular complexity index is 1520. The van der Waals surface area contributed by atoms with Crippen LogP contribution in [0.4, 0.5) is 5.69 Å². The molecule has 0 radical (unpaired) electrons. The molecule has 0 spiro atoms. The van der Waals surface area contributed by atoms with Crippen LogP contribution in [0.3, 0.4) is 0 Å². The number of hydrogen-bond donors (Lipinski definition) is 4. The van der Waals surface area contributed by atoms with Crippen LogP contribution in [0.2, 0.25) is 0 Å². The minimum Gasteiger partial charge on any atom is -0.496 e. The summed E-state index contributed by atoms with van der Waals surface area (Å²) in [4.78, 5) is 35.8. The molecule has 2 amide bonds. The van der Waals surface area contributed by atoms with Crippen molar-refractivity contribution < 1.29 is 24.3 Å². The van der Waals surface area contributed by atoms with Crippen LogP contribution in [0.15, 0.2) is 36.4 Å². The summed E-state index contributed by atoms with van der Waals surface area (Å²) in [6, 6.07) is 11.1. The van der Waals surface area contributed by atoms with Gasteiger partial charge in [0.1, 0.15) is 11.8 Å². The Balaban J connectivity index is 1.31. The molecule has 5 aliphatic rings. The molecule has 10 nitrogen and oxygen atoms in total. The zero-order valence-corrected chi connectivity index (χ0v) is 30.6. The third-order valence-corrected chi connectivity index (χ3v) is 12.2. The summed E-state index contributed by atoms with van der Waals surface area (Å²) in [6.45, 7) is 10.5. The van der Waals surface area contributed by atoms with Crippen molar-refractivity contribution in [1.82, 2.24) is 21.0 Å². The van der Waals surface area contributed by atoms with Gasteiger partial charge in [-0.3, -0.25) is 14.4 Å². The average Bonchev–Trinajstić information content (AvgIpc) is 3.83. The van der Waals surface area contributed by atoms with Crippen LogP contribution >= 0.6 is 0 Å². The summed E-state index contributed by atoms with van der Waals surface area (Å²) in [5.74, 6) is 2.27. The number of amides is 2. The van der Waals surface area contributed by atoms with Crippen molar-refractivity contribution in [2.45, 2.75) is 84.2 Å². The number of benzene rings is 2. The number of carbonyl (C=O) groups excluding carboxylic acids is 2. The van der Waals surface area contributed by atoms with Gasteiger partial charge in [-0.2, -0.15) is 5.06 Å². The quantitative estimate of drug-likeness (QED) is 0.246. The Morgan fingerprint density at radius 2 is 1.90 bits per heavy atom. The Hall–Kier alpha value is -3.18. The minimum atomic E-state index is -0.755. The molecule has 1 aliphatic heterocycles. The third kappa shape index (κ3) is 7.07. The Morgan fingerprint density at radius 1 is 1.14 bits per heavy atom. The number of nitrogens with one attached hydrogen (secondary N) is 3. The highest BCUT2D eigenvalue weighted by Gasteiger charge is 2.57. The van der Waals surface area contributed by atoms with E-state index < -0.39 is 18.1 Å². The van der Waals surface area contributed by atoms with Gasteiger partial charge in [-0.05, 0) is 92.0 Å². The predicted octanol–water partition coefficient (Wildman–Crippen LogP) is 4.46. The lowest BCUT2D eigenvalue weighted by molar-refractivity contribution is -0.176. The van der Waals surface area contributed by atoms with E-state index in [4.69, 9.17) is 9.57 Å². The van der Waals surface area contributed by atoms with E-state index in [1.807, 2.05) is 55.4 Å². The standard InChI is InChI=1S/C39H57N5O5/c1-22-31-17-28(39(31,3)4)18-32(22)42-38(47)35-34(23(2)45)33(20-41-19-24-12-13-24)49-44(35)21-25-10-9-11-30(36(25)48-8)26-14-27(37(46)40-5)16-29(15-26)43(6)7/h9-11,14-16,22-24,28,31-35,41,45H,12-13,17-21H2,1-8H3,(H,40,46)(H,42,47)/t22-,23-,28-,31+,32-,33-,34+,35-/m0/s1. The first-order valence-corrected chi connectivity index (χ1v) is 18.2. The molecule has 2 aromatic carbocycles. The fourth-order valence-electron chi connectivity index (χ4n) is 8.90. The zero-order chi connectivity index (χ0) is 35.2. The summed E-state index contributed by atoms with van der Waals surface area (Å²) in [6.07, 6.45) is 3.58. The zero-order valence-electron chi connectivity index (χ0n) is 30.6. The first-order chi connectivity index (χ1) is 23.3. The maximum absolute atomic E-state index is 14.4. The Morgan fingerprint density at radius 3 is 2.51 bits per heavy atom. The van der Waals surface area contributed by atoms with Crippen LogP contribution in [-0.2, 0) is 16.2 Å². The van der Waals surface area contributed by atoms with Crippen LogP contribution in [0.1, 0.15) is 69.3 Å². The molecule has 5 fully saturated rings. The highest BCUT2D eigenvalue weighted by atomic mass is 16.7. The monoisotopic (exact) mass is 675 g/mol. The molecule has 1 saturated heterocycles. The number of carbonyl (C=O) groups is 2. The van der Waals surface area contributed by atoms with Gasteiger partial charge in [0.15, 0.2) is 0 Å². The van der Waals surface area contributed by atoms with Crippen molar-refractivity contribution in [2.75, 3.05) is 46.2 Å². The van der Waals surface area contributed by atoms with E-state index in [0.29, 0.717) is 46.9 Å². The molecule has 8 atom stereocenters. The van der Waals surface area contributed by atoms with Gasteiger partial charge in [0.25, 0.3) is 5.91 Å². The summed E-state index contributed by atoms with van der Waals surface area (Å²) < 4.78 is 6.08. The molecule has 268 valence electrons. The molecule has 0 aromatic heterocycles. The molecule has 4 saturated carbocycles. The van der Waals surface area contributed by atoms with E-state index in [0.717, 1.165) is 35.3 Å². The minimum absolute atomic E-state index is 0.0874. The molecular weight excluding hydrogens is 618 g/mol. The molecular formula is C39H57N5O5. The largest absolute Gasteiger partial charge is 0.496 e. The Kier molecular flexibility index (Phi) is 10.3. The maximum Gasteiger partial charge on any atom is 0.251 e. The van der Waals surface area contributed by atoms with Gasteiger partial charge in [-0.1, -0.05) is 39.0 Å². The number of rotatable bonds is 13. The average molecular weight is 676 g/mol. The number of para-hydroxylation sites is 1. The number of fused-ring (bicyclic) bond motifs is 2. The molecule has 0 unspecified atom stereocenters. The number of anilines is 1. The lowest BCUT2D eigenvalue weighted by Gasteiger charge is -2.62. The molecule has 49 heavy (non-hydrogen) atoms. The van der Waals surface area contributed by atoms with Gasteiger partial charge < -0.3 is 30.7 Å². The molecule has 2 aromatic rings. The number of aliphatic hydroxyl groups excluding tert-OH is 1. The van der Waals surface area contributed by atoms with E-state index in [1.165, 1.54) is 19.3 Å². The number of aliphatic hydroxyl groups is 1. The van der Waals surface area contributed by atoms with Crippen molar-refractivity contribution in [2.24, 2.45) is 35.0 Å². The van der Waals surface area contributed by atoms with E-state index in [2.05, 4.69) is 36.7 Å². The summed E-state index contributed by atoms with van der Waals surface area (Å²) in [7, 11) is 7.17. The topological polar surface area (TPSA) is 115 Å². The second kappa shape index (κ2) is 14.2. The smallest absolute Gasteiger partial charge is 0.251 e. The number of methoxy groups -OCH3 is 1. The van der Waals surface area contributed by atoms with E-state index in [1.54, 1.807) is 26.1 Å². The molecule has 7 rings (SSSR count). The normalized spacial score (nSPS) is 29.5. The van der Waals surface area contributed by atoms with Gasteiger partial charge in [0.05, 0.1) is 25.9 Å². The van der Waals surface area contributed by atoms with Gasteiger partial charge in [0, 0.05) is 62.0 Å². The molecule has 4 N–H and O–H groups in total. The van der Waals surface area contributed by atoms with E-state index in [9.17, 15) is 14.7 Å². The van der Waals surface area contributed by atoms with Crippen LogP contribution in [-0.4, -0.2) is 87.6 Å². The fourth-order valence-corrected chi connectivity index (χ4v) is 8.90.